The van der Waals surface area contributed by atoms with E-state index in [1.165, 1.54) is 6.42 Å². The van der Waals surface area contributed by atoms with E-state index in [0.29, 0.717) is 0 Å². The van der Waals surface area contributed by atoms with Gasteiger partial charge in [-0.3, -0.25) is 0 Å². The van der Waals surface area contributed by atoms with Crippen LogP contribution in [0, 0.1) is 0 Å². The summed E-state index contributed by atoms with van der Waals surface area (Å²) in [6.07, 6.45) is 5.79. The van der Waals surface area contributed by atoms with Crippen LogP contribution in [0.3, 0.4) is 0 Å². The van der Waals surface area contributed by atoms with Gasteiger partial charge >= 0.3 is 0 Å². The van der Waals surface area contributed by atoms with E-state index >= 15 is 0 Å². The van der Waals surface area contributed by atoms with E-state index in [1.807, 2.05) is 29.1 Å². The fraction of sp³-hybridized carbons (Fsp3) is 0.778. The molecule has 0 aromatic heterocycles. The molecule has 1 rings (SSSR count). The SMILES string of the molecule is CCCCN1C=CN(CC)C1O. The van der Waals surface area contributed by atoms with Crippen LogP contribution in [-0.4, -0.2) is 34.3 Å². The Labute approximate surface area is 74.3 Å². The molecule has 0 aromatic rings. The van der Waals surface area contributed by atoms with Crippen LogP contribution in [0.15, 0.2) is 12.4 Å². The Morgan fingerprint density at radius 2 is 1.92 bits per heavy atom. The summed E-state index contributed by atoms with van der Waals surface area (Å²) in [4.78, 5) is 3.88. The summed E-state index contributed by atoms with van der Waals surface area (Å²) >= 11 is 0. The van der Waals surface area contributed by atoms with Crippen molar-refractivity contribution in [2.45, 2.75) is 33.0 Å². The number of aliphatic hydroxyl groups is 1. The van der Waals surface area contributed by atoms with Crippen LogP contribution < -0.4 is 0 Å². The van der Waals surface area contributed by atoms with Crippen molar-refractivity contribution in [3.8, 4) is 0 Å². The van der Waals surface area contributed by atoms with Crippen molar-refractivity contribution in [3.05, 3.63) is 12.4 Å². The fourth-order valence-corrected chi connectivity index (χ4v) is 1.32. The van der Waals surface area contributed by atoms with E-state index in [2.05, 4.69) is 6.92 Å². The van der Waals surface area contributed by atoms with Gasteiger partial charge in [-0.05, 0) is 13.3 Å². The second-order valence-corrected chi connectivity index (χ2v) is 3.07. The Bertz CT molecular complexity index is 159. The van der Waals surface area contributed by atoms with E-state index in [-0.39, 0.29) is 0 Å². The van der Waals surface area contributed by atoms with Gasteiger partial charge in [-0.25, -0.2) is 0 Å². The number of hydrogen-bond acceptors (Lipinski definition) is 3. The molecule has 1 heterocycles. The second kappa shape index (κ2) is 4.36. The van der Waals surface area contributed by atoms with Crippen LogP contribution in [0.4, 0.5) is 0 Å². The van der Waals surface area contributed by atoms with E-state index < -0.39 is 6.35 Å². The summed E-state index contributed by atoms with van der Waals surface area (Å²) in [5, 5.41) is 9.66. The van der Waals surface area contributed by atoms with Gasteiger partial charge in [-0.1, -0.05) is 13.3 Å². The molecule has 1 unspecified atom stereocenters. The molecule has 70 valence electrons. The molecule has 1 aliphatic heterocycles. The summed E-state index contributed by atoms with van der Waals surface area (Å²) in [6.45, 7) is 6.01. The van der Waals surface area contributed by atoms with E-state index in [9.17, 15) is 5.11 Å². The lowest BCUT2D eigenvalue weighted by atomic mass is 10.3. The highest BCUT2D eigenvalue weighted by Crippen LogP contribution is 2.13. The molecule has 1 aliphatic rings. The van der Waals surface area contributed by atoms with Gasteiger partial charge in [0.05, 0.1) is 0 Å². The molecule has 1 atom stereocenters. The molecule has 0 aromatic carbocycles. The Morgan fingerprint density at radius 3 is 2.42 bits per heavy atom. The third-order valence-electron chi connectivity index (χ3n) is 2.18. The van der Waals surface area contributed by atoms with Gasteiger partial charge in [0.2, 0.25) is 6.35 Å². The molecule has 0 radical (unpaired) electrons. The molecule has 0 amide bonds. The Hall–Kier alpha value is -0.700. The summed E-state index contributed by atoms with van der Waals surface area (Å²) in [5.74, 6) is 0. The third kappa shape index (κ3) is 1.91. The monoisotopic (exact) mass is 170 g/mol. The van der Waals surface area contributed by atoms with Gasteiger partial charge in [0.15, 0.2) is 0 Å². The maximum Gasteiger partial charge on any atom is 0.207 e. The maximum absolute atomic E-state index is 9.66. The van der Waals surface area contributed by atoms with Crippen molar-refractivity contribution in [3.63, 3.8) is 0 Å². The quantitative estimate of drug-likeness (QED) is 0.686. The Morgan fingerprint density at radius 1 is 1.25 bits per heavy atom. The number of rotatable bonds is 4. The Balaban J connectivity index is 2.34. The molecule has 0 saturated carbocycles. The van der Waals surface area contributed by atoms with Crippen LogP contribution in [0.5, 0.6) is 0 Å². The lowest BCUT2D eigenvalue weighted by molar-refractivity contribution is -0.0455. The molecular formula is C9H18N2O. The summed E-state index contributed by atoms with van der Waals surface area (Å²) in [5.41, 5.74) is 0. The molecule has 0 saturated heterocycles. The first-order valence-electron chi connectivity index (χ1n) is 4.67. The first-order valence-corrected chi connectivity index (χ1v) is 4.67. The summed E-state index contributed by atoms with van der Waals surface area (Å²) in [7, 11) is 0. The van der Waals surface area contributed by atoms with Crippen molar-refractivity contribution in [2.75, 3.05) is 13.1 Å². The average molecular weight is 170 g/mol. The largest absolute Gasteiger partial charge is 0.356 e. The predicted molar refractivity (Wildman–Crippen MR) is 49.1 cm³/mol. The molecule has 3 nitrogen and oxygen atoms in total. The smallest absolute Gasteiger partial charge is 0.207 e. The average Bonchev–Trinajstić information content (AvgIpc) is 2.43. The van der Waals surface area contributed by atoms with Gasteiger partial charge in [0, 0.05) is 25.5 Å². The standard InChI is InChI=1S/C9H18N2O/c1-3-5-6-11-8-7-10(4-2)9(11)12/h7-9,12H,3-6H2,1-2H3. The third-order valence-corrected chi connectivity index (χ3v) is 2.18. The highest BCUT2D eigenvalue weighted by molar-refractivity contribution is 4.92. The number of aliphatic hydroxyl groups excluding tert-OH is 1. The van der Waals surface area contributed by atoms with E-state index in [0.717, 1.165) is 19.5 Å². The number of nitrogens with zero attached hydrogens (tertiary/aromatic N) is 2. The van der Waals surface area contributed by atoms with Crippen molar-refractivity contribution in [2.24, 2.45) is 0 Å². The molecule has 12 heavy (non-hydrogen) atoms. The van der Waals surface area contributed by atoms with E-state index in [1.54, 1.807) is 0 Å². The highest BCUT2D eigenvalue weighted by Gasteiger charge is 2.20. The lowest BCUT2D eigenvalue weighted by Crippen LogP contribution is -2.38. The van der Waals surface area contributed by atoms with Crippen molar-refractivity contribution in [1.82, 2.24) is 9.80 Å². The molecular weight excluding hydrogens is 152 g/mol. The van der Waals surface area contributed by atoms with Gasteiger partial charge in [-0.2, -0.15) is 0 Å². The maximum atomic E-state index is 9.66. The second-order valence-electron chi connectivity index (χ2n) is 3.07. The molecule has 3 heteroatoms. The van der Waals surface area contributed by atoms with E-state index in [4.69, 9.17) is 0 Å². The molecule has 1 N–H and O–H groups in total. The topological polar surface area (TPSA) is 26.7 Å². The molecule has 0 spiro atoms. The van der Waals surface area contributed by atoms with Crippen molar-refractivity contribution in [1.29, 1.82) is 0 Å². The van der Waals surface area contributed by atoms with Gasteiger partial charge in [0.25, 0.3) is 0 Å². The fourth-order valence-electron chi connectivity index (χ4n) is 1.32. The highest BCUT2D eigenvalue weighted by atomic mass is 16.3. The predicted octanol–water partition coefficient (Wildman–Crippen LogP) is 1.17. The van der Waals surface area contributed by atoms with Crippen molar-refractivity contribution < 1.29 is 5.11 Å². The van der Waals surface area contributed by atoms with Crippen LogP contribution in [0.2, 0.25) is 0 Å². The molecule has 0 aliphatic carbocycles. The zero-order chi connectivity index (χ0) is 8.97. The van der Waals surface area contributed by atoms with Crippen LogP contribution in [-0.2, 0) is 0 Å². The molecule has 0 bridgehead atoms. The normalized spacial score (nSPS) is 22.4. The van der Waals surface area contributed by atoms with Crippen molar-refractivity contribution >= 4 is 0 Å². The van der Waals surface area contributed by atoms with Gasteiger partial charge in [0.1, 0.15) is 0 Å². The zero-order valence-corrected chi connectivity index (χ0v) is 7.90. The van der Waals surface area contributed by atoms with Crippen LogP contribution in [0.1, 0.15) is 26.7 Å². The molecule has 0 fully saturated rings. The van der Waals surface area contributed by atoms with Crippen LogP contribution in [0.25, 0.3) is 0 Å². The lowest BCUT2D eigenvalue weighted by Gasteiger charge is -2.26. The van der Waals surface area contributed by atoms with Gasteiger partial charge < -0.3 is 14.9 Å². The number of hydrogen-bond donors (Lipinski definition) is 1. The van der Waals surface area contributed by atoms with Gasteiger partial charge in [-0.15, -0.1) is 0 Å². The Kier molecular flexibility index (Phi) is 3.41. The summed E-state index contributed by atoms with van der Waals surface area (Å²) in [6, 6.07) is 0. The minimum Gasteiger partial charge on any atom is -0.356 e. The zero-order valence-electron chi connectivity index (χ0n) is 7.90. The number of unbranched alkanes of at least 4 members (excludes halogenated alkanes) is 1. The minimum absolute atomic E-state index is 0.429. The first kappa shape index (κ1) is 9.39. The minimum atomic E-state index is -0.429. The summed E-state index contributed by atoms with van der Waals surface area (Å²) < 4.78 is 0. The first-order chi connectivity index (χ1) is 5.79. The van der Waals surface area contributed by atoms with Crippen LogP contribution >= 0.6 is 0 Å².